The average Bonchev–Trinajstić information content (AvgIpc) is 2.07. The first-order chi connectivity index (χ1) is 6.07. The Morgan fingerprint density at radius 3 is 2.62 bits per heavy atom. The van der Waals surface area contributed by atoms with E-state index in [-0.39, 0.29) is 16.6 Å². The summed E-state index contributed by atoms with van der Waals surface area (Å²) in [5, 5.41) is 0.141. The minimum atomic E-state index is -2.81. The van der Waals surface area contributed by atoms with Gasteiger partial charge in [0.2, 0.25) is 0 Å². The minimum Gasteiger partial charge on any atom is -0.397 e. The highest BCUT2D eigenvalue weighted by Gasteiger charge is 2.18. The molecule has 0 aliphatic heterocycles. The summed E-state index contributed by atoms with van der Waals surface area (Å²) in [6.07, 6.45) is -1.59. The number of alkyl halides is 3. The first-order valence-electron chi connectivity index (χ1n) is 3.42. The van der Waals surface area contributed by atoms with Gasteiger partial charge in [0.1, 0.15) is 0 Å². The highest BCUT2D eigenvalue weighted by Crippen LogP contribution is 2.24. The van der Waals surface area contributed by atoms with Crippen LogP contribution in [-0.2, 0) is 5.33 Å². The molecule has 0 aliphatic rings. The molecule has 0 saturated carbocycles. The van der Waals surface area contributed by atoms with Crippen LogP contribution in [-0.4, -0.2) is 4.98 Å². The Labute approximate surface area is 81.1 Å². The molecular formula is C7H7BrF2N2O. The van der Waals surface area contributed by atoms with Crippen LogP contribution in [0.3, 0.4) is 0 Å². The number of halogens is 3. The predicted octanol–water partition coefficient (Wildman–Crippen LogP) is 1.79. The normalized spacial score (nSPS) is 10.8. The smallest absolute Gasteiger partial charge is 0.269 e. The molecule has 0 saturated heterocycles. The second-order valence-corrected chi connectivity index (χ2v) is 2.96. The third-order valence-electron chi connectivity index (χ3n) is 1.63. The van der Waals surface area contributed by atoms with Crippen LogP contribution in [0.5, 0.6) is 0 Å². The average molecular weight is 253 g/mol. The molecule has 0 aliphatic carbocycles. The molecule has 3 N–H and O–H groups in total. The molecular weight excluding hydrogens is 246 g/mol. The second-order valence-electron chi connectivity index (χ2n) is 2.40. The van der Waals surface area contributed by atoms with Crippen LogP contribution in [0.2, 0.25) is 0 Å². The van der Waals surface area contributed by atoms with Crippen molar-refractivity contribution in [3.63, 3.8) is 0 Å². The lowest BCUT2D eigenvalue weighted by atomic mass is 10.1. The fraction of sp³-hybridized carbons (Fsp3) is 0.286. The molecule has 0 bridgehead atoms. The maximum atomic E-state index is 12.4. The van der Waals surface area contributed by atoms with Gasteiger partial charge in [0, 0.05) is 17.1 Å². The summed E-state index contributed by atoms with van der Waals surface area (Å²) in [5.41, 5.74) is 4.36. The third kappa shape index (κ3) is 1.88. The van der Waals surface area contributed by atoms with Gasteiger partial charge in [-0.2, -0.15) is 0 Å². The Balaban J connectivity index is 3.44. The number of aromatic nitrogens is 1. The number of hydrogen-bond acceptors (Lipinski definition) is 2. The maximum Gasteiger partial charge on any atom is 0.269 e. The second kappa shape index (κ2) is 3.87. The van der Waals surface area contributed by atoms with Crippen molar-refractivity contribution in [2.24, 2.45) is 0 Å². The van der Waals surface area contributed by atoms with Crippen molar-refractivity contribution in [1.82, 2.24) is 4.98 Å². The van der Waals surface area contributed by atoms with E-state index in [1.165, 1.54) is 6.20 Å². The van der Waals surface area contributed by atoms with Gasteiger partial charge in [-0.3, -0.25) is 4.79 Å². The van der Waals surface area contributed by atoms with E-state index in [1.54, 1.807) is 0 Å². The van der Waals surface area contributed by atoms with Crippen molar-refractivity contribution < 1.29 is 8.78 Å². The van der Waals surface area contributed by atoms with E-state index in [0.29, 0.717) is 0 Å². The third-order valence-corrected chi connectivity index (χ3v) is 2.19. The van der Waals surface area contributed by atoms with E-state index < -0.39 is 17.5 Å². The number of aromatic amines is 1. The van der Waals surface area contributed by atoms with Crippen molar-refractivity contribution in [2.75, 3.05) is 5.73 Å². The highest BCUT2D eigenvalue weighted by atomic mass is 79.9. The van der Waals surface area contributed by atoms with Crippen molar-refractivity contribution in [2.45, 2.75) is 11.8 Å². The van der Waals surface area contributed by atoms with Gasteiger partial charge in [-0.25, -0.2) is 8.78 Å². The lowest BCUT2D eigenvalue weighted by molar-refractivity contribution is 0.149. The van der Waals surface area contributed by atoms with Crippen LogP contribution in [0.15, 0.2) is 11.0 Å². The van der Waals surface area contributed by atoms with Crippen LogP contribution in [0.1, 0.15) is 17.6 Å². The quantitative estimate of drug-likeness (QED) is 0.789. The molecule has 0 spiro atoms. The summed E-state index contributed by atoms with van der Waals surface area (Å²) in [4.78, 5) is 13.1. The fourth-order valence-corrected chi connectivity index (χ4v) is 1.61. The van der Waals surface area contributed by atoms with E-state index in [2.05, 4.69) is 20.9 Å². The number of pyridine rings is 1. The van der Waals surface area contributed by atoms with Crippen LogP contribution < -0.4 is 11.3 Å². The van der Waals surface area contributed by atoms with Crippen LogP contribution >= 0.6 is 15.9 Å². The van der Waals surface area contributed by atoms with E-state index in [1.807, 2.05) is 0 Å². The molecule has 0 amide bonds. The molecule has 3 nitrogen and oxygen atoms in total. The van der Waals surface area contributed by atoms with Gasteiger partial charge in [-0.15, -0.1) is 0 Å². The maximum absolute atomic E-state index is 12.4. The Kier molecular flexibility index (Phi) is 3.02. The molecule has 1 aromatic heterocycles. The molecule has 1 rings (SSSR count). The first-order valence-corrected chi connectivity index (χ1v) is 4.54. The number of nitrogens with two attached hydrogens (primary N) is 1. The predicted molar refractivity (Wildman–Crippen MR) is 49.1 cm³/mol. The summed E-state index contributed by atoms with van der Waals surface area (Å²) < 4.78 is 24.7. The van der Waals surface area contributed by atoms with Gasteiger partial charge in [0.15, 0.2) is 0 Å². The van der Waals surface area contributed by atoms with Crippen molar-refractivity contribution in [3.05, 3.63) is 27.7 Å². The Hall–Kier alpha value is -0.910. The lowest BCUT2D eigenvalue weighted by Crippen LogP contribution is -2.16. The number of rotatable bonds is 2. The number of anilines is 1. The Bertz CT molecular complexity index is 364. The van der Waals surface area contributed by atoms with Gasteiger partial charge < -0.3 is 10.7 Å². The zero-order valence-electron chi connectivity index (χ0n) is 6.48. The standard InChI is InChI=1S/C7H7BrF2N2O/c8-1-3-4(11)2-12-7(13)5(3)6(9)10/h2,6H,1,11H2,(H,12,13). The number of hydrogen-bond donors (Lipinski definition) is 2. The van der Waals surface area contributed by atoms with E-state index in [9.17, 15) is 13.6 Å². The Morgan fingerprint density at radius 2 is 2.23 bits per heavy atom. The fourth-order valence-electron chi connectivity index (χ4n) is 0.981. The molecule has 6 heteroatoms. The molecule has 0 radical (unpaired) electrons. The molecule has 0 aromatic carbocycles. The zero-order chi connectivity index (χ0) is 10.0. The molecule has 0 atom stereocenters. The number of nitrogen functional groups attached to an aromatic ring is 1. The molecule has 72 valence electrons. The number of H-pyrrole nitrogens is 1. The Morgan fingerprint density at radius 1 is 1.62 bits per heavy atom. The zero-order valence-corrected chi connectivity index (χ0v) is 8.07. The SMILES string of the molecule is Nc1c[nH]c(=O)c(C(F)F)c1CBr. The van der Waals surface area contributed by atoms with Gasteiger partial charge in [0.25, 0.3) is 12.0 Å². The molecule has 0 unspecified atom stereocenters. The van der Waals surface area contributed by atoms with E-state index >= 15 is 0 Å². The van der Waals surface area contributed by atoms with Crippen molar-refractivity contribution >= 4 is 21.6 Å². The van der Waals surface area contributed by atoms with Gasteiger partial charge in [0.05, 0.1) is 11.3 Å². The first kappa shape index (κ1) is 10.2. The number of nitrogens with one attached hydrogen (secondary N) is 1. The summed E-state index contributed by atoms with van der Waals surface area (Å²) in [6.45, 7) is 0. The topological polar surface area (TPSA) is 58.9 Å². The van der Waals surface area contributed by atoms with Crippen LogP contribution in [0.25, 0.3) is 0 Å². The van der Waals surface area contributed by atoms with Gasteiger partial charge in [-0.1, -0.05) is 15.9 Å². The summed E-state index contributed by atoms with van der Waals surface area (Å²) in [5.74, 6) is 0. The van der Waals surface area contributed by atoms with Crippen LogP contribution in [0.4, 0.5) is 14.5 Å². The van der Waals surface area contributed by atoms with Crippen molar-refractivity contribution in [1.29, 1.82) is 0 Å². The lowest BCUT2D eigenvalue weighted by Gasteiger charge is -2.07. The molecule has 0 fully saturated rings. The monoisotopic (exact) mass is 252 g/mol. The molecule has 13 heavy (non-hydrogen) atoms. The summed E-state index contributed by atoms with van der Waals surface area (Å²) in [6, 6.07) is 0. The van der Waals surface area contributed by atoms with E-state index in [4.69, 9.17) is 5.73 Å². The molecule has 1 heterocycles. The van der Waals surface area contributed by atoms with Gasteiger partial charge in [-0.05, 0) is 0 Å². The van der Waals surface area contributed by atoms with Gasteiger partial charge >= 0.3 is 0 Å². The molecule has 1 aromatic rings. The van der Waals surface area contributed by atoms with Crippen molar-refractivity contribution in [3.8, 4) is 0 Å². The largest absolute Gasteiger partial charge is 0.397 e. The van der Waals surface area contributed by atoms with Crippen LogP contribution in [0, 0.1) is 0 Å². The summed E-state index contributed by atoms with van der Waals surface area (Å²) in [7, 11) is 0. The van der Waals surface area contributed by atoms with E-state index in [0.717, 1.165) is 0 Å². The minimum absolute atomic E-state index is 0.141. The summed E-state index contributed by atoms with van der Waals surface area (Å²) >= 11 is 3.00. The highest BCUT2D eigenvalue weighted by molar-refractivity contribution is 9.08.